The maximum atomic E-state index is 6.59. The van der Waals surface area contributed by atoms with Crippen molar-refractivity contribution in [3.8, 4) is 33.4 Å². The first-order valence-corrected chi connectivity index (χ1v) is 20.8. The second kappa shape index (κ2) is 12.5. The predicted octanol–water partition coefficient (Wildman–Crippen LogP) is 16.2. The van der Waals surface area contributed by atoms with Gasteiger partial charge in [-0.15, -0.1) is 11.3 Å². The zero-order chi connectivity index (χ0) is 38.5. The topological polar surface area (TPSA) is 16.4 Å². The summed E-state index contributed by atoms with van der Waals surface area (Å²) in [4.78, 5) is 2.49. The molecule has 0 aliphatic heterocycles. The van der Waals surface area contributed by atoms with Crippen LogP contribution < -0.4 is 4.90 Å². The lowest BCUT2D eigenvalue weighted by molar-refractivity contribution is 0.660. The molecule has 2 heterocycles. The van der Waals surface area contributed by atoms with Gasteiger partial charge in [-0.3, -0.25) is 0 Å². The molecule has 0 spiro atoms. The van der Waals surface area contributed by atoms with E-state index in [0.717, 1.165) is 49.8 Å². The normalized spacial score (nSPS) is 13.1. The molecular formula is C55H37NOS. The molecule has 0 unspecified atom stereocenters. The zero-order valence-electron chi connectivity index (χ0n) is 32.2. The van der Waals surface area contributed by atoms with Crippen molar-refractivity contribution in [3.05, 3.63) is 199 Å². The third-order valence-corrected chi connectivity index (χ3v) is 13.7. The van der Waals surface area contributed by atoms with Crippen molar-refractivity contribution in [1.82, 2.24) is 0 Å². The minimum atomic E-state index is -0.0919. The monoisotopic (exact) mass is 759 g/mol. The molecule has 0 radical (unpaired) electrons. The van der Waals surface area contributed by atoms with Gasteiger partial charge in [0.2, 0.25) is 0 Å². The van der Waals surface area contributed by atoms with Crippen LogP contribution in [0.25, 0.3) is 86.3 Å². The number of rotatable bonds is 5. The summed E-state index contributed by atoms with van der Waals surface area (Å²) >= 11 is 1.87. The fourth-order valence-electron chi connectivity index (χ4n) is 9.78. The van der Waals surface area contributed by atoms with Crippen LogP contribution in [0, 0.1) is 0 Å². The highest BCUT2D eigenvalue weighted by molar-refractivity contribution is 7.26. The molecule has 0 fully saturated rings. The SMILES string of the molecule is CC1(C)c2ccccc2-c2c(-c3ccccc3N(c3ccc(-c4cccc5oc6c7ccccc7ccc6c45)cc3)c3cccc4c3sc3ccccc34)cccc21. The van der Waals surface area contributed by atoms with Gasteiger partial charge in [0.15, 0.2) is 0 Å². The highest BCUT2D eigenvalue weighted by atomic mass is 32.1. The average Bonchev–Trinajstić information content (AvgIpc) is 3.93. The summed E-state index contributed by atoms with van der Waals surface area (Å²) in [6.45, 7) is 4.72. The van der Waals surface area contributed by atoms with E-state index in [4.69, 9.17) is 4.42 Å². The fraction of sp³-hybridized carbons (Fsp3) is 0.0545. The molecule has 2 nitrogen and oxygen atoms in total. The lowest BCUT2D eigenvalue weighted by Crippen LogP contribution is -2.14. The van der Waals surface area contributed by atoms with E-state index < -0.39 is 0 Å². The second-order valence-corrected chi connectivity index (χ2v) is 17.0. The van der Waals surface area contributed by atoms with Crippen LogP contribution in [0.1, 0.15) is 25.0 Å². The van der Waals surface area contributed by atoms with E-state index >= 15 is 0 Å². The van der Waals surface area contributed by atoms with Gasteiger partial charge in [0.25, 0.3) is 0 Å². The molecule has 0 N–H and O–H groups in total. The van der Waals surface area contributed by atoms with Gasteiger partial charge < -0.3 is 9.32 Å². The van der Waals surface area contributed by atoms with Crippen LogP contribution in [0.15, 0.2) is 192 Å². The first kappa shape index (κ1) is 33.2. The number of fused-ring (bicyclic) bond motifs is 11. The van der Waals surface area contributed by atoms with Gasteiger partial charge >= 0.3 is 0 Å². The maximum absolute atomic E-state index is 6.59. The first-order valence-electron chi connectivity index (χ1n) is 20.0. The largest absolute Gasteiger partial charge is 0.455 e. The molecular weight excluding hydrogens is 723 g/mol. The van der Waals surface area contributed by atoms with Crippen molar-refractivity contribution in [2.24, 2.45) is 0 Å². The summed E-state index contributed by atoms with van der Waals surface area (Å²) in [5, 5.41) is 7.18. The van der Waals surface area contributed by atoms with E-state index in [0.29, 0.717) is 0 Å². The van der Waals surface area contributed by atoms with Crippen molar-refractivity contribution in [1.29, 1.82) is 0 Å². The molecule has 58 heavy (non-hydrogen) atoms. The molecule has 0 bridgehead atoms. The molecule has 12 rings (SSSR count). The van der Waals surface area contributed by atoms with Crippen molar-refractivity contribution in [3.63, 3.8) is 0 Å². The van der Waals surface area contributed by atoms with Gasteiger partial charge in [0.05, 0.1) is 16.1 Å². The molecule has 1 aliphatic carbocycles. The standard InChI is InChI=1S/C55H37NOS/c1-55(2)45-22-8-5-18-43(45)51-41(20-11-23-46(51)55)39-16-6-9-24-47(39)56(48-25-12-21-42-40-17-7-10-27-50(40)58-54(42)48)36-31-28-35(29-32-36)37-19-13-26-49-52(37)44-33-30-34-14-3-4-15-38(34)53(44)57-49/h3-33H,1-2H3. The molecule has 274 valence electrons. The van der Waals surface area contributed by atoms with E-state index in [9.17, 15) is 0 Å². The molecule has 2 aromatic heterocycles. The van der Waals surface area contributed by atoms with E-state index in [1.165, 1.54) is 64.6 Å². The number of para-hydroxylation sites is 1. The van der Waals surface area contributed by atoms with E-state index in [1.54, 1.807) is 0 Å². The Morgan fingerprint density at radius 2 is 1.12 bits per heavy atom. The number of anilines is 3. The Hall–Kier alpha value is -6.94. The van der Waals surface area contributed by atoms with E-state index in [2.05, 4.69) is 207 Å². The smallest absolute Gasteiger partial charge is 0.143 e. The first-order chi connectivity index (χ1) is 28.5. The number of hydrogen-bond acceptors (Lipinski definition) is 3. The third-order valence-electron chi connectivity index (χ3n) is 12.5. The average molecular weight is 760 g/mol. The Morgan fingerprint density at radius 1 is 0.466 bits per heavy atom. The number of thiophene rings is 1. The zero-order valence-corrected chi connectivity index (χ0v) is 33.0. The molecule has 1 aliphatic rings. The van der Waals surface area contributed by atoms with Gasteiger partial charge in [0, 0.05) is 48.3 Å². The highest BCUT2D eigenvalue weighted by Gasteiger charge is 2.37. The van der Waals surface area contributed by atoms with Crippen LogP contribution in [0.3, 0.4) is 0 Å². The summed E-state index contributed by atoms with van der Waals surface area (Å²) in [7, 11) is 0. The number of furan rings is 1. The van der Waals surface area contributed by atoms with Crippen molar-refractivity contribution in [2.75, 3.05) is 4.90 Å². The number of benzene rings is 9. The highest BCUT2D eigenvalue weighted by Crippen LogP contribution is 2.54. The summed E-state index contributed by atoms with van der Waals surface area (Å²) in [5.74, 6) is 0. The fourth-order valence-corrected chi connectivity index (χ4v) is 11.0. The van der Waals surface area contributed by atoms with E-state index in [-0.39, 0.29) is 5.41 Å². The van der Waals surface area contributed by atoms with Crippen LogP contribution in [-0.2, 0) is 5.41 Å². The summed E-state index contributed by atoms with van der Waals surface area (Å²) < 4.78 is 9.15. The Morgan fingerprint density at radius 3 is 2.02 bits per heavy atom. The summed E-state index contributed by atoms with van der Waals surface area (Å²) in [6, 6.07) is 68.8. The molecule has 0 amide bonds. The molecule has 0 saturated heterocycles. The molecule has 0 saturated carbocycles. The molecule has 0 atom stereocenters. The minimum absolute atomic E-state index is 0.0919. The van der Waals surface area contributed by atoms with Crippen molar-refractivity contribution >= 4 is 81.3 Å². The van der Waals surface area contributed by atoms with Crippen molar-refractivity contribution < 1.29 is 4.42 Å². The van der Waals surface area contributed by atoms with Crippen LogP contribution in [0.5, 0.6) is 0 Å². The molecule has 3 heteroatoms. The molecule has 11 aromatic rings. The lowest BCUT2D eigenvalue weighted by atomic mass is 9.82. The Kier molecular flexibility index (Phi) is 7.18. The number of hydrogen-bond donors (Lipinski definition) is 0. The van der Waals surface area contributed by atoms with Crippen LogP contribution >= 0.6 is 11.3 Å². The summed E-state index contributed by atoms with van der Waals surface area (Å²) in [5.41, 5.74) is 15.3. The quantitative estimate of drug-likeness (QED) is 0.174. The predicted molar refractivity (Wildman–Crippen MR) is 247 cm³/mol. The lowest BCUT2D eigenvalue weighted by Gasteiger charge is -2.29. The maximum Gasteiger partial charge on any atom is 0.143 e. The Labute approximate surface area is 340 Å². The van der Waals surface area contributed by atoms with Crippen LogP contribution in [0.4, 0.5) is 17.1 Å². The third kappa shape index (κ3) is 4.77. The van der Waals surface area contributed by atoms with Gasteiger partial charge in [-0.25, -0.2) is 0 Å². The Balaban J connectivity index is 1.08. The van der Waals surface area contributed by atoms with Crippen molar-refractivity contribution in [2.45, 2.75) is 19.3 Å². The Bertz CT molecular complexity index is 3440. The summed E-state index contributed by atoms with van der Waals surface area (Å²) in [6.07, 6.45) is 0. The van der Waals surface area contributed by atoms with Gasteiger partial charge in [-0.05, 0) is 86.8 Å². The van der Waals surface area contributed by atoms with E-state index in [1.807, 2.05) is 11.3 Å². The van der Waals surface area contributed by atoms with Gasteiger partial charge in [0.1, 0.15) is 11.2 Å². The molecule has 9 aromatic carbocycles. The van der Waals surface area contributed by atoms with Crippen LogP contribution in [0.2, 0.25) is 0 Å². The van der Waals surface area contributed by atoms with Gasteiger partial charge in [-0.1, -0.05) is 159 Å². The second-order valence-electron chi connectivity index (χ2n) is 16.0. The number of nitrogens with zero attached hydrogens (tertiary/aromatic N) is 1. The van der Waals surface area contributed by atoms with Gasteiger partial charge in [-0.2, -0.15) is 0 Å². The minimum Gasteiger partial charge on any atom is -0.455 e. The van der Waals surface area contributed by atoms with Crippen LogP contribution in [-0.4, -0.2) is 0 Å².